The van der Waals surface area contributed by atoms with Crippen LogP contribution >= 0.6 is 0 Å². The number of aliphatic hydroxyl groups is 1. The standard InChI is InChI=1S/C13H28O4S.Na/c1-3-4-5-6-7-8-9-10-13(11-12(2)14)18(15,16)17;/h12-14H,3-11H2,1-2H3,(H,15,16,17);/q;+1/p-1. The number of rotatable bonds is 11. The zero-order chi connectivity index (χ0) is 14.0. The van der Waals surface area contributed by atoms with Gasteiger partial charge in [-0.2, -0.15) is 0 Å². The van der Waals surface area contributed by atoms with Crippen molar-refractivity contribution in [1.29, 1.82) is 0 Å². The summed E-state index contributed by atoms with van der Waals surface area (Å²) in [5.74, 6) is 0. The average molecular weight is 302 g/mol. The Balaban J connectivity index is 0. The molecule has 0 heterocycles. The molecule has 0 rings (SSSR count). The Kier molecular flexibility index (Phi) is 14.7. The predicted octanol–water partition coefficient (Wildman–Crippen LogP) is -0.184. The molecule has 0 aromatic heterocycles. The molecule has 0 bridgehead atoms. The summed E-state index contributed by atoms with van der Waals surface area (Å²) in [6.45, 7) is 3.68. The van der Waals surface area contributed by atoms with Gasteiger partial charge in [-0.05, 0) is 19.8 Å². The summed E-state index contributed by atoms with van der Waals surface area (Å²) >= 11 is 0. The zero-order valence-electron chi connectivity index (χ0n) is 12.6. The average Bonchev–Trinajstić information content (AvgIpc) is 2.24. The van der Waals surface area contributed by atoms with Gasteiger partial charge < -0.3 is 9.66 Å². The summed E-state index contributed by atoms with van der Waals surface area (Å²) < 4.78 is 33.0. The summed E-state index contributed by atoms with van der Waals surface area (Å²) in [7, 11) is -4.27. The zero-order valence-corrected chi connectivity index (χ0v) is 15.4. The molecule has 19 heavy (non-hydrogen) atoms. The van der Waals surface area contributed by atoms with Crippen molar-refractivity contribution in [3.8, 4) is 0 Å². The maximum atomic E-state index is 11.0. The van der Waals surface area contributed by atoms with Gasteiger partial charge in [0.2, 0.25) is 0 Å². The first-order valence-corrected chi connectivity index (χ1v) is 8.47. The van der Waals surface area contributed by atoms with Crippen LogP contribution in [0.25, 0.3) is 0 Å². The molecule has 0 aromatic rings. The van der Waals surface area contributed by atoms with Crippen LogP contribution in [0.2, 0.25) is 0 Å². The Hall–Kier alpha value is 0.870. The Morgan fingerprint density at radius 2 is 1.53 bits per heavy atom. The maximum Gasteiger partial charge on any atom is 1.00 e. The van der Waals surface area contributed by atoms with E-state index in [1.165, 1.54) is 32.6 Å². The Morgan fingerprint density at radius 3 is 1.95 bits per heavy atom. The van der Waals surface area contributed by atoms with Gasteiger partial charge in [-0.3, -0.25) is 0 Å². The molecule has 6 heteroatoms. The van der Waals surface area contributed by atoms with Gasteiger partial charge in [-0.15, -0.1) is 0 Å². The van der Waals surface area contributed by atoms with E-state index in [2.05, 4.69) is 6.92 Å². The summed E-state index contributed by atoms with van der Waals surface area (Å²) in [5.41, 5.74) is 0. The fourth-order valence-electron chi connectivity index (χ4n) is 2.09. The molecule has 110 valence electrons. The van der Waals surface area contributed by atoms with Gasteiger partial charge in [-0.25, -0.2) is 8.42 Å². The second-order valence-electron chi connectivity index (χ2n) is 5.11. The van der Waals surface area contributed by atoms with Crippen molar-refractivity contribution in [1.82, 2.24) is 0 Å². The van der Waals surface area contributed by atoms with E-state index in [-0.39, 0.29) is 36.0 Å². The molecule has 0 aromatic carbocycles. The van der Waals surface area contributed by atoms with Crippen molar-refractivity contribution < 1.29 is 47.6 Å². The first-order valence-electron chi connectivity index (χ1n) is 7.00. The third-order valence-corrected chi connectivity index (χ3v) is 4.39. The third-order valence-electron chi connectivity index (χ3n) is 3.14. The molecule has 1 N–H and O–H groups in total. The van der Waals surface area contributed by atoms with E-state index < -0.39 is 21.5 Å². The molecule has 0 amide bonds. The van der Waals surface area contributed by atoms with Gasteiger partial charge in [0.05, 0.1) is 21.5 Å². The molecule has 0 fully saturated rings. The van der Waals surface area contributed by atoms with E-state index in [0.717, 1.165) is 19.3 Å². The monoisotopic (exact) mass is 302 g/mol. The van der Waals surface area contributed by atoms with Gasteiger partial charge >= 0.3 is 29.6 Å². The van der Waals surface area contributed by atoms with E-state index >= 15 is 0 Å². The first kappa shape index (κ1) is 22.2. The summed E-state index contributed by atoms with van der Waals surface area (Å²) in [6, 6.07) is 0. The van der Waals surface area contributed by atoms with Gasteiger partial charge in [-0.1, -0.05) is 51.9 Å². The van der Waals surface area contributed by atoms with Crippen LogP contribution in [0.4, 0.5) is 0 Å². The van der Waals surface area contributed by atoms with Crippen LogP contribution in [0.15, 0.2) is 0 Å². The molecule has 0 aliphatic heterocycles. The van der Waals surface area contributed by atoms with E-state index in [1.807, 2.05) is 0 Å². The molecule has 0 radical (unpaired) electrons. The quantitative estimate of drug-likeness (QED) is 0.326. The maximum absolute atomic E-state index is 11.0. The minimum Gasteiger partial charge on any atom is -0.748 e. The smallest absolute Gasteiger partial charge is 0.748 e. The van der Waals surface area contributed by atoms with Crippen molar-refractivity contribution in [2.45, 2.75) is 83.0 Å². The van der Waals surface area contributed by atoms with E-state index in [4.69, 9.17) is 0 Å². The van der Waals surface area contributed by atoms with E-state index in [1.54, 1.807) is 0 Å². The van der Waals surface area contributed by atoms with Crippen molar-refractivity contribution >= 4 is 10.1 Å². The number of unbranched alkanes of at least 4 members (excludes halogenated alkanes) is 6. The topological polar surface area (TPSA) is 77.4 Å². The number of hydrogen-bond acceptors (Lipinski definition) is 4. The molecule has 4 nitrogen and oxygen atoms in total. The van der Waals surface area contributed by atoms with Crippen molar-refractivity contribution in [2.24, 2.45) is 0 Å². The Morgan fingerprint density at radius 1 is 1.05 bits per heavy atom. The molecule has 0 saturated carbocycles. The van der Waals surface area contributed by atoms with Gasteiger partial charge in [0.15, 0.2) is 0 Å². The van der Waals surface area contributed by atoms with Crippen LogP contribution in [0.1, 0.15) is 71.6 Å². The minimum atomic E-state index is -4.27. The number of aliphatic hydroxyl groups excluding tert-OH is 1. The van der Waals surface area contributed by atoms with Crippen LogP contribution in [0, 0.1) is 0 Å². The van der Waals surface area contributed by atoms with Crippen LogP contribution in [0.5, 0.6) is 0 Å². The molecule has 0 saturated heterocycles. The molecule has 2 unspecified atom stereocenters. The Bertz CT molecular complexity index is 291. The fraction of sp³-hybridized carbons (Fsp3) is 1.00. The summed E-state index contributed by atoms with van der Waals surface area (Å²) in [5, 5.41) is 8.26. The molecule has 0 spiro atoms. The second kappa shape index (κ2) is 12.6. The van der Waals surface area contributed by atoms with Crippen LogP contribution in [0.3, 0.4) is 0 Å². The van der Waals surface area contributed by atoms with E-state index in [0.29, 0.717) is 6.42 Å². The van der Waals surface area contributed by atoms with Crippen molar-refractivity contribution in [3.63, 3.8) is 0 Å². The van der Waals surface area contributed by atoms with Gasteiger partial charge in [0.1, 0.15) is 0 Å². The van der Waals surface area contributed by atoms with Crippen LogP contribution in [-0.4, -0.2) is 29.4 Å². The predicted molar refractivity (Wildman–Crippen MR) is 72.4 cm³/mol. The largest absolute Gasteiger partial charge is 1.00 e. The second-order valence-corrected chi connectivity index (χ2v) is 6.76. The van der Waals surface area contributed by atoms with E-state index in [9.17, 15) is 18.1 Å². The fourth-order valence-corrected chi connectivity index (χ4v) is 3.06. The van der Waals surface area contributed by atoms with Crippen molar-refractivity contribution in [2.75, 3.05) is 0 Å². The normalized spacial score (nSPS) is 14.7. The minimum absolute atomic E-state index is 0. The molecule has 0 aliphatic carbocycles. The van der Waals surface area contributed by atoms with Crippen LogP contribution < -0.4 is 29.6 Å². The molecular weight excluding hydrogens is 275 g/mol. The van der Waals surface area contributed by atoms with Gasteiger partial charge in [0, 0.05) is 0 Å². The molecule has 0 aliphatic rings. The molecular formula is C13H27NaO4S. The Labute approximate surface area is 140 Å². The van der Waals surface area contributed by atoms with Crippen molar-refractivity contribution in [3.05, 3.63) is 0 Å². The van der Waals surface area contributed by atoms with Crippen LogP contribution in [-0.2, 0) is 10.1 Å². The summed E-state index contributed by atoms with van der Waals surface area (Å²) in [6.07, 6.45) is 7.40. The summed E-state index contributed by atoms with van der Waals surface area (Å²) in [4.78, 5) is 0. The van der Waals surface area contributed by atoms with Gasteiger partial charge in [0.25, 0.3) is 0 Å². The first-order chi connectivity index (χ1) is 8.38. The third kappa shape index (κ3) is 13.6. The molecule has 2 atom stereocenters. The number of hydrogen-bond donors (Lipinski definition) is 1. The SMILES string of the molecule is CCCCCCCCCC(CC(C)O)S(=O)(=O)[O-].[Na+].